The Labute approximate surface area is 148 Å². The van der Waals surface area contributed by atoms with Crippen molar-refractivity contribution >= 4 is 17.5 Å². The molecular weight excluding hydrogens is 302 g/mol. The summed E-state index contributed by atoms with van der Waals surface area (Å²) in [5.41, 5.74) is 0.0425. The van der Waals surface area contributed by atoms with Gasteiger partial charge in [0.1, 0.15) is 11.5 Å². The molecule has 0 amide bonds. The van der Waals surface area contributed by atoms with Crippen molar-refractivity contribution in [1.82, 2.24) is 0 Å². The number of hydrogen-bond acceptors (Lipinski definition) is 3. The highest BCUT2D eigenvalue weighted by Gasteiger charge is 2.27. The van der Waals surface area contributed by atoms with E-state index in [1.165, 1.54) is 0 Å². The maximum absolute atomic E-state index is 12.6. The predicted octanol–water partition coefficient (Wildman–Crippen LogP) is 5.15. The lowest BCUT2D eigenvalue weighted by Crippen LogP contribution is -2.28. The largest absolute Gasteiger partial charge is 0.477 e. The number of Topliss-reactive ketones (excluding diaryl/α,β-unsaturated/α-hetero) is 1. The number of rotatable bonds is 13. The van der Waals surface area contributed by atoms with E-state index in [2.05, 4.69) is 39.6 Å². The van der Waals surface area contributed by atoms with E-state index >= 15 is 0 Å². The summed E-state index contributed by atoms with van der Waals surface area (Å²) in [6.07, 6.45) is 5.54. The number of aliphatic carboxylic acids is 1. The Morgan fingerprint density at radius 2 is 1.50 bits per heavy atom. The number of carbonyl (C=O) groups excluding carboxylic acids is 1. The molecule has 4 unspecified atom stereocenters. The van der Waals surface area contributed by atoms with E-state index in [1.807, 2.05) is 6.92 Å². The molecule has 0 radical (unpaired) electrons. The fourth-order valence-corrected chi connectivity index (χ4v) is 3.32. The Balaban J connectivity index is 5.27. The van der Waals surface area contributed by atoms with Crippen molar-refractivity contribution < 1.29 is 14.7 Å². The molecule has 0 saturated heterocycles. The summed E-state index contributed by atoms with van der Waals surface area (Å²) < 4.78 is 0. The fourth-order valence-electron chi connectivity index (χ4n) is 3.32. The van der Waals surface area contributed by atoms with Crippen LogP contribution in [0, 0.1) is 17.8 Å². The highest BCUT2D eigenvalue weighted by atomic mass is 16.4. The van der Waals surface area contributed by atoms with Crippen LogP contribution >= 0.6 is 0 Å². The first-order valence-electron chi connectivity index (χ1n) is 9.64. The smallest absolute Gasteiger partial charge is 0.350 e. The van der Waals surface area contributed by atoms with Gasteiger partial charge < -0.3 is 5.11 Å². The van der Waals surface area contributed by atoms with Crippen molar-refractivity contribution in [1.29, 1.82) is 0 Å². The summed E-state index contributed by atoms with van der Waals surface area (Å²) >= 11 is 0. The summed E-state index contributed by atoms with van der Waals surface area (Å²) in [4.78, 5) is 28.7. The number of carboxylic acid groups (broad SMARTS) is 1. The Hall–Kier alpha value is -1.19. The van der Waals surface area contributed by atoms with E-state index < -0.39 is 5.97 Å². The quantitative estimate of drug-likeness (QED) is 0.472. The third-order valence-corrected chi connectivity index (χ3v) is 5.08. The van der Waals surface area contributed by atoms with Gasteiger partial charge in [-0.1, -0.05) is 67.2 Å². The molecule has 0 aromatic heterocycles. The van der Waals surface area contributed by atoms with Crippen LogP contribution in [0.4, 0.5) is 0 Å². The summed E-state index contributed by atoms with van der Waals surface area (Å²) in [6, 6.07) is -0.00737. The Bertz CT molecular complexity index is 417. The van der Waals surface area contributed by atoms with Gasteiger partial charge in [0.2, 0.25) is 0 Å². The lowest BCUT2D eigenvalue weighted by Gasteiger charge is -2.22. The predicted molar refractivity (Wildman–Crippen MR) is 101 cm³/mol. The molecule has 0 heterocycles. The molecule has 0 spiro atoms. The highest BCUT2D eigenvalue weighted by Crippen LogP contribution is 2.23. The molecule has 140 valence electrons. The van der Waals surface area contributed by atoms with Crippen LogP contribution in [-0.2, 0) is 9.59 Å². The number of carboxylic acids is 1. The minimum absolute atomic E-state index is 0.00737. The molecule has 0 aliphatic rings. The molecule has 4 heteroatoms. The first kappa shape index (κ1) is 22.8. The van der Waals surface area contributed by atoms with Gasteiger partial charge in [0.05, 0.1) is 12.5 Å². The van der Waals surface area contributed by atoms with Crippen LogP contribution in [0.5, 0.6) is 0 Å². The zero-order valence-electron chi connectivity index (χ0n) is 16.5. The van der Waals surface area contributed by atoms with Gasteiger partial charge in [-0.2, -0.15) is 0 Å². The summed E-state index contributed by atoms with van der Waals surface area (Å²) in [7, 11) is 0. The molecule has 4 atom stereocenters. The van der Waals surface area contributed by atoms with E-state index in [9.17, 15) is 14.7 Å². The van der Waals surface area contributed by atoms with Gasteiger partial charge in [0, 0.05) is 5.92 Å². The molecule has 0 aromatic rings. The second kappa shape index (κ2) is 12.2. The Morgan fingerprint density at radius 3 is 1.92 bits per heavy atom. The highest BCUT2D eigenvalue weighted by molar-refractivity contribution is 6.39. The number of carbonyl (C=O) groups is 2. The van der Waals surface area contributed by atoms with Gasteiger partial charge >= 0.3 is 5.97 Å². The lowest BCUT2D eigenvalue weighted by molar-refractivity contribution is -0.131. The Kier molecular flexibility index (Phi) is 11.6. The van der Waals surface area contributed by atoms with Crippen LogP contribution in [0.1, 0.15) is 86.5 Å². The molecule has 0 aliphatic heterocycles. The van der Waals surface area contributed by atoms with Crippen molar-refractivity contribution in [3.05, 3.63) is 0 Å². The first-order valence-corrected chi connectivity index (χ1v) is 9.64. The monoisotopic (exact) mass is 339 g/mol. The van der Waals surface area contributed by atoms with Crippen LogP contribution in [0.25, 0.3) is 0 Å². The molecule has 0 rings (SSSR count). The van der Waals surface area contributed by atoms with E-state index in [1.54, 1.807) is 0 Å². The van der Waals surface area contributed by atoms with Gasteiger partial charge in [-0.15, -0.1) is 0 Å². The molecule has 4 nitrogen and oxygen atoms in total. The second-order valence-electron chi connectivity index (χ2n) is 7.05. The normalized spacial score (nSPS) is 17.2. The molecule has 0 aliphatic carbocycles. The van der Waals surface area contributed by atoms with Gasteiger partial charge in [-0.05, 0) is 24.7 Å². The zero-order valence-corrected chi connectivity index (χ0v) is 16.5. The fraction of sp³-hybridized carbons (Fsp3) is 0.850. The van der Waals surface area contributed by atoms with Gasteiger partial charge in [-0.3, -0.25) is 9.79 Å². The van der Waals surface area contributed by atoms with E-state index in [4.69, 9.17) is 0 Å². The number of ketones is 1. The minimum Gasteiger partial charge on any atom is -0.477 e. The van der Waals surface area contributed by atoms with E-state index in [0.29, 0.717) is 11.8 Å². The van der Waals surface area contributed by atoms with Crippen LogP contribution in [0.3, 0.4) is 0 Å². The second-order valence-corrected chi connectivity index (χ2v) is 7.05. The molecule has 24 heavy (non-hydrogen) atoms. The SMILES string of the molecule is CCCC(C)C(CC)C(=O)CC(=NC(CCC)C(C)CC)C(=O)O. The van der Waals surface area contributed by atoms with Crippen molar-refractivity contribution in [2.24, 2.45) is 22.7 Å². The molecule has 0 fully saturated rings. The van der Waals surface area contributed by atoms with Crippen LogP contribution < -0.4 is 0 Å². The summed E-state index contributed by atoms with van der Waals surface area (Å²) in [6.45, 7) is 12.5. The van der Waals surface area contributed by atoms with Crippen LogP contribution in [0.2, 0.25) is 0 Å². The first-order chi connectivity index (χ1) is 11.3. The minimum atomic E-state index is -1.05. The molecule has 0 saturated carbocycles. The third-order valence-electron chi connectivity index (χ3n) is 5.08. The number of hydrogen-bond donors (Lipinski definition) is 1. The average molecular weight is 340 g/mol. The van der Waals surface area contributed by atoms with Gasteiger partial charge in [0.25, 0.3) is 0 Å². The molecule has 0 bridgehead atoms. The molecule has 1 N–H and O–H groups in total. The molecular formula is C20H37NO3. The summed E-state index contributed by atoms with van der Waals surface area (Å²) in [5.74, 6) is -0.466. The van der Waals surface area contributed by atoms with Crippen LogP contribution in [0.15, 0.2) is 4.99 Å². The average Bonchev–Trinajstić information content (AvgIpc) is 2.53. The Morgan fingerprint density at radius 1 is 0.917 bits per heavy atom. The molecule has 0 aromatic carbocycles. The van der Waals surface area contributed by atoms with Crippen LogP contribution in [-0.4, -0.2) is 28.6 Å². The van der Waals surface area contributed by atoms with E-state index in [-0.39, 0.29) is 29.9 Å². The standard InChI is InChI=1S/C20H37NO3/c1-7-11-15(6)16(10-4)19(22)13-18(20(23)24)21-17(12-8-2)14(5)9-3/h14-17H,7-13H2,1-6H3,(H,23,24). The zero-order chi connectivity index (χ0) is 18.7. The van der Waals surface area contributed by atoms with Crippen molar-refractivity contribution in [2.45, 2.75) is 92.5 Å². The topological polar surface area (TPSA) is 66.7 Å². The van der Waals surface area contributed by atoms with Gasteiger partial charge in [0.15, 0.2) is 0 Å². The van der Waals surface area contributed by atoms with Gasteiger partial charge in [-0.25, -0.2) is 4.79 Å². The van der Waals surface area contributed by atoms with Crippen molar-refractivity contribution in [3.8, 4) is 0 Å². The number of nitrogens with zero attached hydrogens (tertiary/aromatic N) is 1. The van der Waals surface area contributed by atoms with Crippen molar-refractivity contribution in [2.75, 3.05) is 0 Å². The summed E-state index contributed by atoms with van der Waals surface area (Å²) in [5, 5.41) is 9.51. The van der Waals surface area contributed by atoms with E-state index in [0.717, 1.165) is 38.5 Å². The maximum atomic E-state index is 12.6. The number of aliphatic imine (C=N–C) groups is 1. The lowest BCUT2D eigenvalue weighted by atomic mass is 9.83. The third kappa shape index (κ3) is 7.59. The van der Waals surface area contributed by atoms with Crippen molar-refractivity contribution in [3.63, 3.8) is 0 Å². The maximum Gasteiger partial charge on any atom is 0.350 e.